The summed E-state index contributed by atoms with van der Waals surface area (Å²) in [6, 6.07) is 6.76. The van der Waals surface area contributed by atoms with Gasteiger partial charge in [0.25, 0.3) is 0 Å². The van der Waals surface area contributed by atoms with Gasteiger partial charge in [0.1, 0.15) is 0 Å². The second-order valence-electron chi connectivity index (χ2n) is 3.81. The number of hydrogen-bond acceptors (Lipinski definition) is 1. The molecular weight excluding hydrogens is 158 g/mol. The summed E-state index contributed by atoms with van der Waals surface area (Å²) in [5.74, 6) is 0. The van der Waals surface area contributed by atoms with Crippen molar-refractivity contribution in [3.63, 3.8) is 0 Å². The van der Waals surface area contributed by atoms with Crippen molar-refractivity contribution in [2.45, 2.75) is 26.3 Å². The fraction of sp³-hybridized carbons (Fsp3) is 0.333. The van der Waals surface area contributed by atoms with Gasteiger partial charge in [-0.15, -0.1) is 0 Å². The van der Waals surface area contributed by atoms with Crippen molar-refractivity contribution in [2.24, 2.45) is 5.73 Å². The van der Waals surface area contributed by atoms with Gasteiger partial charge in [0.15, 0.2) is 0 Å². The van der Waals surface area contributed by atoms with Gasteiger partial charge in [-0.05, 0) is 37.0 Å². The van der Waals surface area contributed by atoms with Crippen molar-refractivity contribution in [1.29, 1.82) is 0 Å². The molecule has 1 aromatic carbocycles. The van der Waals surface area contributed by atoms with Gasteiger partial charge in [0.2, 0.25) is 0 Å². The van der Waals surface area contributed by atoms with Gasteiger partial charge in [-0.25, -0.2) is 0 Å². The summed E-state index contributed by atoms with van der Waals surface area (Å²) in [4.78, 5) is 0. The number of allylic oxidation sites excluding steroid dienone is 1. The van der Waals surface area contributed by atoms with Gasteiger partial charge < -0.3 is 5.73 Å². The van der Waals surface area contributed by atoms with Gasteiger partial charge >= 0.3 is 0 Å². The van der Waals surface area contributed by atoms with Crippen LogP contribution >= 0.6 is 0 Å². The molecule has 0 heterocycles. The van der Waals surface area contributed by atoms with Crippen LogP contribution in [0.1, 0.15) is 23.6 Å². The Morgan fingerprint density at radius 2 is 2.15 bits per heavy atom. The van der Waals surface area contributed by atoms with E-state index in [2.05, 4.69) is 31.2 Å². The van der Waals surface area contributed by atoms with Crippen molar-refractivity contribution in [3.8, 4) is 0 Å². The van der Waals surface area contributed by atoms with Crippen LogP contribution in [0.25, 0.3) is 5.57 Å². The molecule has 2 N–H and O–H groups in total. The number of nitrogens with two attached hydrogens (primary N) is 1. The average Bonchev–Trinajstić information content (AvgIpc) is 2.46. The van der Waals surface area contributed by atoms with E-state index >= 15 is 0 Å². The molecule has 1 nitrogen and oxygen atoms in total. The molecule has 0 fully saturated rings. The molecule has 1 unspecified atom stereocenters. The lowest BCUT2D eigenvalue weighted by molar-refractivity contribution is 0.948. The van der Waals surface area contributed by atoms with Crippen molar-refractivity contribution in [3.05, 3.63) is 41.0 Å². The maximum absolute atomic E-state index is 5.89. The smallest absolute Gasteiger partial charge is 0.0269 e. The van der Waals surface area contributed by atoms with Crippen LogP contribution < -0.4 is 5.73 Å². The van der Waals surface area contributed by atoms with Crippen LogP contribution in [0.2, 0.25) is 0 Å². The minimum atomic E-state index is 0.156. The first-order chi connectivity index (χ1) is 6.18. The van der Waals surface area contributed by atoms with Crippen molar-refractivity contribution >= 4 is 5.57 Å². The molecule has 68 valence electrons. The molecule has 0 radical (unpaired) electrons. The van der Waals surface area contributed by atoms with Crippen LogP contribution in [0, 0.1) is 6.92 Å². The fourth-order valence-corrected chi connectivity index (χ4v) is 1.90. The Hall–Kier alpha value is -1.08. The lowest BCUT2D eigenvalue weighted by Crippen LogP contribution is -2.16. The van der Waals surface area contributed by atoms with E-state index in [1.807, 2.05) is 6.92 Å². The number of rotatable bonds is 1. The number of fused-ring (bicyclic) bond motifs is 1. The predicted molar refractivity (Wildman–Crippen MR) is 56.5 cm³/mol. The van der Waals surface area contributed by atoms with Crippen LogP contribution in [-0.4, -0.2) is 6.04 Å². The summed E-state index contributed by atoms with van der Waals surface area (Å²) in [5, 5.41) is 0. The van der Waals surface area contributed by atoms with Crippen LogP contribution in [0.5, 0.6) is 0 Å². The van der Waals surface area contributed by atoms with Crippen molar-refractivity contribution in [1.82, 2.24) is 0 Å². The topological polar surface area (TPSA) is 26.0 Å². The van der Waals surface area contributed by atoms with Crippen LogP contribution in [-0.2, 0) is 6.42 Å². The Morgan fingerprint density at radius 1 is 1.38 bits per heavy atom. The van der Waals surface area contributed by atoms with E-state index in [9.17, 15) is 0 Å². The highest BCUT2D eigenvalue weighted by Gasteiger charge is 2.16. The molecule has 0 bridgehead atoms. The second kappa shape index (κ2) is 3.00. The SMILES string of the molecule is Cc1ccc2c(c1)C(C(C)N)=CC2. The largest absolute Gasteiger partial charge is 0.324 e. The maximum Gasteiger partial charge on any atom is 0.0269 e. The summed E-state index contributed by atoms with van der Waals surface area (Å²) in [6.07, 6.45) is 3.29. The molecule has 1 aliphatic rings. The van der Waals surface area contributed by atoms with Gasteiger partial charge in [-0.1, -0.05) is 29.8 Å². The number of aryl methyl sites for hydroxylation is 1. The Labute approximate surface area is 79.3 Å². The van der Waals surface area contributed by atoms with Crippen LogP contribution in [0.15, 0.2) is 24.3 Å². The van der Waals surface area contributed by atoms with E-state index in [1.54, 1.807) is 0 Å². The zero-order valence-corrected chi connectivity index (χ0v) is 8.17. The molecule has 1 heteroatoms. The molecule has 2 rings (SSSR count). The molecule has 0 aliphatic heterocycles. The Kier molecular flexibility index (Phi) is 1.97. The van der Waals surface area contributed by atoms with Crippen LogP contribution in [0.4, 0.5) is 0 Å². The fourth-order valence-electron chi connectivity index (χ4n) is 1.90. The van der Waals surface area contributed by atoms with Crippen LogP contribution in [0.3, 0.4) is 0 Å². The van der Waals surface area contributed by atoms with Gasteiger partial charge in [0.05, 0.1) is 0 Å². The normalized spacial score (nSPS) is 16.7. The summed E-state index contributed by atoms with van der Waals surface area (Å²) in [7, 11) is 0. The Morgan fingerprint density at radius 3 is 2.85 bits per heavy atom. The first-order valence-corrected chi connectivity index (χ1v) is 4.74. The minimum Gasteiger partial charge on any atom is -0.324 e. The summed E-state index contributed by atoms with van der Waals surface area (Å²) in [6.45, 7) is 4.17. The van der Waals surface area contributed by atoms with E-state index in [0.29, 0.717) is 0 Å². The zero-order valence-electron chi connectivity index (χ0n) is 8.17. The van der Waals surface area contributed by atoms with Crippen molar-refractivity contribution in [2.75, 3.05) is 0 Å². The number of hydrogen-bond donors (Lipinski definition) is 1. The average molecular weight is 173 g/mol. The third-order valence-corrected chi connectivity index (χ3v) is 2.61. The number of benzene rings is 1. The minimum absolute atomic E-state index is 0.156. The Bertz CT molecular complexity index is 361. The van der Waals surface area contributed by atoms with E-state index in [4.69, 9.17) is 5.73 Å². The quantitative estimate of drug-likeness (QED) is 0.692. The lowest BCUT2D eigenvalue weighted by atomic mass is 9.99. The van der Waals surface area contributed by atoms with E-state index in [1.165, 1.54) is 22.3 Å². The lowest BCUT2D eigenvalue weighted by Gasteiger charge is -2.09. The maximum atomic E-state index is 5.89. The molecule has 13 heavy (non-hydrogen) atoms. The zero-order chi connectivity index (χ0) is 9.42. The van der Waals surface area contributed by atoms with E-state index in [-0.39, 0.29) is 6.04 Å². The summed E-state index contributed by atoms with van der Waals surface area (Å²) in [5.41, 5.74) is 11.3. The second-order valence-corrected chi connectivity index (χ2v) is 3.81. The molecule has 1 aliphatic carbocycles. The molecule has 0 amide bonds. The molecule has 0 saturated heterocycles. The third-order valence-electron chi connectivity index (χ3n) is 2.61. The van der Waals surface area contributed by atoms with Gasteiger partial charge in [-0.3, -0.25) is 0 Å². The highest BCUT2D eigenvalue weighted by Crippen LogP contribution is 2.29. The Balaban J connectivity index is 2.48. The third kappa shape index (κ3) is 1.40. The summed E-state index contributed by atoms with van der Waals surface area (Å²) < 4.78 is 0. The molecular formula is C12H15N. The molecule has 1 aromatic rings. The van der Waals surface area contributed by atoms with Gasteiger partial charge in [-0.2, -0.15) is 0 Å². The first-order valence-electron chi connectivity index (χ1n) is 4.74. The molecule has 1 atom stereocenters. The molecule has 0 aromatic heterocycles. The monoisotopic (exact) mass is 173 g/mol. The highest BCUT2D eigenvalue weighted by molar-refractivity contribution is 5.76. The summed E-state index contributed by atoms with van der Waals surface area (Å²) >= 11 is 0. The molecule has 0 spiro atoms. The van der Waals surface area contributed by atoms with E-state index in [0.717, 1.165) is 6.42 Å². The van der Waals surface area contributed by atoms with Crippen molar-refractivity contribution < 1.29 is 0 Å². The highest BCUT2D eigenvalue weighted by atomic mass is 14.6. The first kappa shape index (κ1) is 8.52. The van der Waals surface area contributed by atoms with Gasteiger partial charge in [0, 0.05) is 6.04 Å². The predicted octanol–water partition coefficient (Wildman–Crippen LogP) is 2.28. The van der Waals surface area contributed by atoms with E-state index < -0.39 is 0 Å². The standard InChI is InChI=1S/C12H15N/c1-8-3-4-10-5-6-11(9(2)13)12(10)7-8/h3-4,6-7,9H,5,13H2,1-2H3. The molecule has 0 saturated carbocycles.